The molecule has 1 aliphatic carbocycles. The number of carbonyl (C=O) groups excluding carboxylic acids is 1. The van der Waals surface area contributed by atoms with Gasteiger partial charge in [-0.25, -0.2) is 9.37 Å². The molecule has 1 N–H and O–H groups in total. The van der Waals surface area contributed by atoms with Gasteiger partial charge < -0.3 is 9.88 Å². The number of amides is 1. The molecule has 0 atom stereocenters. The Labute approximate surface area is 146 Å². The van der Waals surface area contributed by atoms with E-state index in [-0.39, 0.29) is 17.6 Å². The third-order valence-corrected chi connectivity index (χ3v) is 5.15. The third kappa shape index (κ3) is 3.74. The van der Waals surface area contributed by atoms with Crippen LogP contribution in [0.25, 0.3) is 0 Å². The molecular weight excluding hydrogens is 319 g/mol. The van der Waals surface area contributed by atoms with Gasteiger partial charge in [0.15, 0.2) is 0 Å². The van der Waals surface area contributed by atoms with Crippen LogP contribution in [0, 0.1) is 11.7 Å². The van der Waals surface area contributed by atoms with Crippen molar-refractivity contribution in [2.75, 3.05) is 6.54 Å². The number of halogens is 1. The molecule has 1 aromatic carbocycles. The van der Waals surface area contributed by atoms with Gasteiger partial charge in [-0.15, -0.1) is 0 Å². The first-order chi connectivity index (χ1) is 12.2. The summed E-state index contributed by atoms with van der Waals surface area (Å²) < 4.78 is 15.5. The van der Waals surface area contributed by atoms with Crippen LogP contribution in [0.2, 0.25) is 0 Å². The van der Waals surface area contributed by atoms with Gasteiger partial charge in [-0.3, -0.25) is 9.69 Å². The van der Waals surface area contributed by atoms with E-state index in [1.54, 1.807) is 12.1 Å². The minimum absolute atomic E-state index is 0.157. The number of hydrogen-bond acceptors (Lipinski definition) is 3. The van der Waals surface area contributed by atoms with E-state index in [2.05, 4.69) is 19.8 Å². The molecule has 1 amide bonds. The smallest absolute Gasteiger partial charge is 0.223 e. The molecule has 132 valence electrons. The first-order valence-corrected chi connectivity index (χ1v) is 8.97. The first-order valence-electron chi connectivity index (χ1n) is 8.97. The second-order valence-electron chi connectivity index (χ2n) is 7.03. The fraction of sp³-hybridized carbons (Fsp3) is 0.474. The van der Waals surface area contributed by atoms with Crippen LogP contribution < -0.4 is 5.32 Å². The summed E-state index contributed by atoms with van der Waals surface area (Å²) in [5.74, 6) is 1.18. The van der Waals surface area contributed by atoms with Crippen molar-refractivity contribution in [1.29, 1.82) is 0 Å². The van der Waals surface area contributed by atoms with Crippen molar-refractivity contribution in [2.45, 2.75) is 45.4 Å². The summed E-state index contributed by atoms with van der Waals surface area (Å²) in [6.45, 7) is 3.74. The number of fused-ring (bicyclic) bond motifs is 1. The van der Waals surface area contributed by atoms with E-state index in [9.17, 15) is 9.18 Å². The fourth-order valence-corrected chi connectivity index (χ4v) is 3.47. The van der Waals surface area contributed by atoms with Crippen molar-refractivity contribution in [1.82, 2.24) is 19.8 Å². The summed E-state index contributed by atoms with van der Waals surface area (Å²) in [4.78, 5) is 18.9. The number of imidazole rings is 1. The molecule has 1 aromatic heterocycles. The number of hydrogen-bond donors (Lipinski definition) is 1. The lowest BCUT2D eigenvalue weighted by Crippen LogP contribution is -2.34. The molecule has 1 fully saturated rings. The van der Waals surface area contributed by atoms with E-state index < -0.39 is 0 Å². The molecule has 1 aliphatic heterocycles. The van der Waals surface area contributed by atoms with Gasteiger partial charge in [-0.2, -0.15) is 0 Å². The molecule has 0 bridgehead atoms. The zero-order chi connectivity index (χ0) is 17.2. The molecule has 0 saturated heterocycles. The fourth-order valence-electron chi connectivity index (χ4n) is 3.47. The van der Waals surface area contributed by atoms with Gasteiger partial charge in [0.1, 0.15) is 11.6 Å². The van der Waals surface area contributed by atoms with Crippen LogP contribution in [0.1, 0.15) is 36.3 Å². The average Bonchev–Trinajstić information content (AvgIpc) is 2.93. The van der Waals surface area contributed by atoms with Crippen molar-refractivity contribution in [3.05, 3.63) is 53.4 Å². The van der Waals surface area contributed by atoms with E-state index in [0.29, 0.717) is 6.54 Å². The van der Waals surface area contributed by atoms with Crippen molar-refractivity contribution in [3.8, 4) is 0 Å². The summed E-state index contributed by atoms with van der Waals surface area (Å²) in [5, 5.41) is 3.00. The van der Waals surface area contributed by atoms with Crippen LogP contribution in [0.3, 0.4) is 0 Å². The quantitative estimate of drug-likeness (QED) is 0.908. The summed E-state index contributed by atoms with van der Waals surface area (Å²) in [5.41, 5.74) is 1.89. The first kappa shape index (κ1) is 16.3. The van der Waals surface area contributed by atoms with Crippen molar-refractivity contribution >= 4 is 5.91 Å². The number of nitrogens with one attached hydrogen (secondary N) is 1. The monoisotopic (exact) mass is 342 g/mol. The van der Waals surface area contributed by atoms with Crippen molar-refractivity contribution in [3.63, 3.8) is 0 Å². The molecule has 0 radical (unpaired) electrons. The highest BCUT2D eigenvalue weighted by Crippen LogP contribution is 2.26. The van der Waals surface area contributed by atoms with Gasteiger partial charge in [-0.05, 0) is 30.5 Å². The molecule has 2 heterocycles. The van der Waals surface area contributed by atoms with Gasteiger partial charge in [0, 0.05) is 31.7 Å². The van der Waals surface area contributed by atoms with E-state index >= 15 is 0 Å². The van der Waals surface area contributed by atoms with Crippen LogP contribution in [0.4, 0.5) is 4.39 Å². The predicted molar refractivity (Wildman–Crippen MR) is 91.9 cm³/mol. The topological polar surface area (TPSA) is 50.2 Å². The van der Waals surface area contributed by atoms with E-state index in [4.69, 9.17) is 0 Å². The van der Waals surface area contributed by atoms with Crippen LogP contribution in [-0.4, -0.2) is 26.9 Å². The molecule has 25 heavy (non-hydrogen) atoms. The van der Waals surface area contributed by atoms with Crippen LogP contribution >= 0.6 is 0 Å². The number of aromatic nitrogens is 2. The molecule has 1 saturated carbocycles. The predicted octanol–water partition coefficient (Wildman–Crippen LogP) is 2.45. The molecule has 4 rings (SSSR count). The maximum Gasteiger partial charge on any atom is 0.223 e. The van der Waals surface area contributed by atoms with Gasteiger partial charge >= 0.3 is 0 Å². The minimum atomic E-state index is -0.194. The SMILES string of the molecule is O=C(NCc1cn2c(n1)CN(Cc1cccc(F)c1)CC2)C1CCC1. The lowest BCUT2D eigenvalue weighted by Gasteiger charge is -2.27. The normalized spacial score (nSPS) is 17.8. The maximum absolute atomic E-state index is 13.3. The molecular formula is C19H23FN4O. The Morgan fingerprint density at radius 2 is 2.20 bits per heavy atom. The minimum Gasteiger partial charge on any atom is -0.350 e. The summed E-state index contributed by atoms with van der Waals surface area (Å²) in [7, 11) is 0. The standard InChI is InChI=1S/C19H23FN4O/c20-16-6-1-3-14(9-16)11-23-7-8-24-12-17(22-18(24)13-23)10-21-19(25)15-4-2-5-15/h1,3,6,9,12,15H,2,4-5,7-8,10-11,13H2,(H,21,25). The molecule has 0 spiro atoms. The Bertz CT molecular complexity index is 769. The Hall–Kier alpha value is -2.21. The zero-order valence-electron chi connectivity index (χ0n) is 14.2. The maximum atomic E-state index is 13.3. The molecule has 2 aliphatic rings. The molecule has 0 unspecified atom stereocenters. The number of nitrogens with zero attached hydrogens (tertiary/aromatic N) is 3. The molecule has 6 heteroatoms. The van der Waals surface area contributed by atoms with Gasteiger partial charge in [0.25, 0.3) is 0 Å². The van der Waals surface area contributed by atoms with Gasteiger partial charge in [0.2, 0.25) is 5.91 Å². The highest BCUT2D eigenvalue weighted by molar-refractivity contribution is 5.79. The Kier molecular flexibility index (Phi) is 4.53. The second kappa shape index (κ2) is 6.96. The summed E-state index contributed by atoms with van der Waals surface area (Å²) in [6, 6.07) is 6.75. The second-order valence-corrected chi connectivity index (χ2v) is 7.03. The van der Waals surface area contributed by atoms with Gasteiger partial charge in [-0.1, -0.05) is 18.6 Å². The lowest BCUT2D eigenvalue weighted by molar-refractivity contribution is -0.127. The molecule has 2 aromatic rings. The zero-order valence-corrected chi connectivity index (χ0v) is 14.2. The largest absolute Gasteiger partial charge is 0.350 e. The number of benzene rings is 1. The highest BCUT2D eigenvalue weighted by Gasteiger charge is 2.25. The van der Waals surface area contributed by atoms with E-state index in [0.717, 1.165) is 62.5 Å². The lowest BCUT2D eigenvalue weighted by atomic mass is 9.85. The van der Waals surface area contributed by atoms with E-state index in [1.165, 1.54) is 6.07 Å². The molecule has 5 nitrogen and oxygen atoms in total. The van der Waals surface area contributed by atoms with Crippen molar-refractivity contribution in [2.24, 2.45) is 5.92 Å². The highest BCUT2D eigenvalue weighted by atomic mass is 19.1. The average molecular weight is 342 g/mol. The number of rotatable bonds is 5. The Morgan fingerprint density at radius 1 is 1.32 bits per heavy atom. The Morgan fingerprint density at radius 3 is 2.96 bits per heavy atom. The van der Waals surface area contributed by atoms with E-state index in [1.807, 2.05) is 12.3 Å². The summed E-state index contributed by atoms with van der Waals surface area (Å²) >= 11 is 0. The van der Waals surface area contributed by atoms with Gasteiger partial charge in [0.05, 0.1) is 18.8 Å². The van der Waals surface area contributed by atoms with Crippen LogP contribution in [0.15, 0.2) is 30.5 Å². The summed E-state index contributed by atoms with van der Waals surface area (Å²) in [6.07, 6.45) is 5.23. The van der Waals surface area contributed by atoms with Crippen molar-refractivity contribution < 1.29 is 9.18 Å². The Balaban J connectivity index is 1.35. The van der Waals surface area contributed by atoms with Crippen LogP contribution in [-0.2, 0) is 31.0 Å². The third-order valence-electron chi connectivity index (χ3n) is 5.15. The van der Waals surface area contributed by atoms with Crippen LogP contribution in [0.5, 0.6) is 0 Å². The number of carbonyl (C=O) groups is 1.